The summed E-state index contributed by atoms with van der Waals surface area (Å²) < 4.78 is 12.1. The Morgan fingerprint density at radius 2 is 1.64 bits per heavy atom. The van der Waals surface area contributed by atoms with Gasteiger partial charge in [0, 0.05) is 17.3 Å². The van der Waals surface area contributed by atoms with Gasteiger partial charge in [0.15, 0.2) is 11.3 Å². The molecule has 3 rings (SSSR count). The average molecular weight is 337 g/mol. The van der Waals surface area contributed by atoms with Crippen molar-refractivity contribution in [1.82, 2.24) is 4.98 Å². The average Bonchev–Trinajstić information content (AvgIpc) is 2.95. The van der Waals surface area contributed by atoms with Crippen LogP contribution in [-0.4, -0.2) is 11.1 Å². The fourth-order valence-electron chi connectivity index (χ4n) is 3.61. The highest BCUT2D eigenvalue weighted by molar-refractivity contribution is 5.95. The number of fused-ring (bicyclic) bond motifs is 1. The van der Waals surface area contributed by atoms with Crippen LogP contribution in [0.2, 0.25) is 0 Å². The molecule has 0 N–H and O–H groups in total. The fourth-order valence-corrected chi connectivity index (χ4v) is 3.61. The predicted molar refractivity (Wildman–Crippen MR) is 103 cm³/mol. The first kappa shape index (κ1) is 17.5. The number of ether oxygens (including phenoxy) is 1. The largest absolute Gasteiger partial charge is 0.486 e. The third-order valence-electron chi connectivity index (χ3n) is 4.77. The normalized spacial score (nSPS) is 11.5. The summed E-state index contributed by atoms with van der Waals surface area (Å²) >= 11 is 0. The van der Waals surface area contributed by atoms with Crippen LogP contribution in [0.5, 0.6) is 5.75 Å². The van der Waals surface area contributed by atoms with Gasteiger partial charge in [-0.25, -0.2) is 4.98 Å². The van der Waals surface area contributed by atoms with Gasteiger partial charge in [-0.3, -0.25) is 0 Å². The molecule has 0 saturated heterocycles. The second kappa shape index (κ2) is 6.91. The first-order valence-corrected chi connectivity index (χ1v) is 9.08. The number of hydrogen-bond donors (Lipinski definition) is 0. The van der Waals surface area contributed by atoms with E-state index < -0.39 is 0 Å². The van der Waals surface area contributed by atoms with Gasteiger partial charge in [-0.2, -0.15) is 0 Å². The Balaban J connectivity index is 2.19. The molecule has 0 fully saturated rings. The summed E-state index contributed by atoms with van der Waals surface area (Å²) in [6, 6.07) is 6.39. The molecule has 25 heavy (non-hydrogen) atoms. The minimum Gasteiger partial charge on any atom is -0.486 e. The van der Waals surface area contributed by atoms with Crippen LogP contribution in [0, 0.1) is 27.7 Å². The Kier molecular flexibility index (Phi) is 4.85. The lowest BCUT2D eigenvalue weighted by Gasteiger charge is -2.16. The zero-order valence-corrected chi connectivity index (χ0v) is 16.1. The molecule has 0 spiro atoms. The molecule has 0 atom stereocenters. The molecule has 3 aromatic rings. The van der Waals surface area contributed by atoms with E-state index in [1.165, 1.54) is 22.3 Å². The second-order valence-electron chi connectivity index (χ2n) is 6.92. The number of aryl methyl sites for hydroxylation is 4. The third-order valence-corrected chi connectivity index (χ3v) is 4.77. The van der Waals surface area contributed by atoms with E-state index in [2.05, 4.69) is 46.8 Å². The van der Waals surface area contributed by atoms with Crippen LogP contribution in [0.4, 0.5) is 0 Å². The number of furan rings is 1. The van der Waals surface area contributed by atoms with Gasteiger partial charge >= 0.3 is 0 Å². The second-order valence-corrected chi connectivity index (χ2v) is 6.92. The van der Waals surface area contributed by atoms with Crippen molar-refractivity contribution >= 4 is 11.1 Å². The quantitative estimate of drug-likeness (QED) is 0.548. The van der Waals surface area contributed by atoms with Crippen molar-refractivity contribution in [2.75, 3.05) is 0 Å². The molecule has 2 aromatic heterocycles. The Bertz CT molecular complexity index is 881. The summed E-state index contributed by atoms with van der Waals surface area (Å²) in [5, 5.41) is 0. The van der Waals surface area contributed by atoms with E-state index >= 15 is 0 Å². The van der Waals surface area contributed by atoms with Crippen LogP contribution in [0.25, 0.3) is 22.2 Å². The molecule has 2 heterocycles. The SMILES string of the molecule is CCC(CC)Oc1cc(C)nc2c(-c3c(C)cc(C)cc3C)coc12. The molecule has 0 radical (unpaired) electrons. The molecular formula is C22H27NO2. The van der Waals surface area contributed by atoms with Crippen LogP contribution < -0.4 is 4.74 Å². The number of benzene rings is 1. The minimum atomic E-state index is 0.196. The Morgan fingerprint density at radius 1 is 1.00 bits per heavy atom. The van der Waals surface area contributed by atoms with Crippen molar-refractivity contribution in [3.63, 3.8) is 0 Å². The molecule has 0 amide bonds. The molecular weight excluding hydrogens is 310 g/mol. The highest BCUT2D eigenvalue weighted by Gasteiger charge is 2.19. The Morgan fingerprint density at radius 3 is 2.24 bits per heavy atom. The number of hydrogen-bond acceptors (Lipinski definition) is 3. The van der Waals surface area contributed by atoms with E-state index in [4.69, 9.17) is 14.1 Å². The van der Waals surface area contributed by atoms with Gasteiger partial charge in [-0.1, -0.05) is 31.5 Å². The zero-order valence-electron chi connectivity index (χ0n) is 16.1. The van der Waals surface area contributed by atoms with E-state index in [9.17, 15) is 0 Å². The maximum atomic E-state index is 6.20. The van der Waals surface area contributed by atoms with Gasteiger partial charge in [0.1, 0.15) is 11.8 Å². The van der Waals surface area contributed by atoms with Gasteiger partial charge in [-0.05, 0) is 57.2 Å². The molecule has 0 bridgehead atoms. The summed E-state index contributed by atoms with van der Waals surface area (Å²) in [6.45, 7) is 12.7. The van der Waals surface area contributed by atoms with Gasteiger partial charge in [0.2, 0.25) is 0 Å². The Hall–Kier alpha value is -2.29. The topological polar surface area (TPSA) is 35.3 Å². The summed E-state index contributed by atoms with van der Waals surface area (Å²) in [5.74, 6) is 0.796. The van der Waals surface area contributed by atoms with Gasteiger partial charge in [0.05, 0.1) is 6.10 Å². The highest BCUT2D eigenvalue weighted by Crippen LogP contribution is 2.38. The van der Waals surface area contributed by atoms with Crippen LogP contribution in [0.1, 0.15) is 49.1 Å². The number of pyridine rings is 1. The first-order chi connectivity index (χ1) is 11.9. The molecule has 132 valence electrons. The smallest absolute Gasteiger partial charge is 0.194 e. The monoisotopic (exact) mass is 337 g/mol. The maximum absolute atomic E-state index is 6.20. The minimum absolute atomic E-state index is 0.196. The summed E-state index contributed by atoms with van der Waals surface area (Å²) in [6.07, 6.45) is 3.97. The van der Waals surface area contributed by atoms with Crippen LogP contribution in [0.15, 0.2) is 28.9 Å². The molecule has 0 unspecified atom stereocenters. The van der Waals surface area contributed by atoms with Crippen molar-refractivity contribution < 1.29 is 9.15 Å². The standard InChI is InChI=1S/C22H27NO2/c1-7-17(8-2)25-19-11-16(6)23-21-18(12-24-22(19)21)20-14(4)9-13(3)10-15(20)5/h9-12,17H,7-8H2,1-6H3. The molecule has 1 aromatic carbocycles. The van der Waals surface area contributed by atoms with E-state index in [1.54, 1.807) is 0 Å². The van der Waals surface area contributed by atoms with Crippen LogP contribution in [0.3, 0.4) is 0 Å². The van der Waals surface area contributed by atoms with Gasteiger partial charge in [-0.15, -0.1) is 0 Å². The van der Waals surface area contributed by atoms with Crippen molar-refractivity contribution in [1.29, 1.82) is 0 Å². The highest BCUT2D eigenvalue weighted by atomic mass is 16.5. The van der Waals surface area contributed by atoms with Crippen molar-refractivity contribution in [2.24, 2.45) is 0 Å². The first-order valence-electron chi connectivity index (χ1n) is 9.08. The number of rotatable bonds is 5. The summed E-state index contributed by atoms with van der Waals surface area (Å²) in [7, 11) is 0. The molecule has 0 aliphatic carbocycles. The van der Waals surface area contributed by atoms with E-state index in [0.29, 0.717) is 0 Å². The van der Waals surface area contributed by atoms with E-state index in [-0.39, 0.29) is 6.10 Å². The number of nitrogens with zero attached hydrogens (tertiary/aromatic N) is 1. The summed E-state index contributed by atoms with van der Waals surface area (Å²) in [5.41, 5.74) is 8.57. The van der Waals surface area contributed by atoms with Crippen molar-refractivity contribution in [3.8, 4) is 16.9 Å². The summed E-state index contributed by atoms with van der Waals surface area (Å²) in [4.78, 5) is 4.76. The maximum Gasteiger partial charge on any atom is 0.194 e. The molecule has 0 saturated carbocycles. The number of aromatic nitrogens is 1. The van der Waals surface area contributed by atoms with Crippen molar-refractivity contribution in [2.45, 2.75) is 60.5 Å². The predicted octanol–water partition coefficient (Wildman–Crippen LogP) is 6.30. The van der Waals surface area contributed by atoms with E-state index in [0.717, 1.165) is 40.9 Å². The van der Waals surface area contributed by atoms with Crippen molar-refractivity contribution in [3.05, 3.63) is 46.8 Å². The lowest BCUT2D eigenvalue weighted by molar-refractivity contribution is 0.193. The molecule has 3 nitrogen and oxygen atoms in total. The van der Waals surface area contributed by atoms with Crippen LogP contribution in [-0.2, 0) is 0 Å². The fraction of sp³-hybridized carbons (Fsp3) is 0.409. The third kappa shape index (κ3) is 3.28. The van der Waals surface area contributed by atoms with Gasteiger partial charge in [0.25, 0.3) is 0 Å². The van der Waals surface area contributed by atoms with Crippen LogP contribution >= 0.6 is 0 Å². The van der Waals surface area contributed by atoms with E-state index in [1.807, 2.05) is 19.3 Å². The lowest BCUT2D eigenvalue weighted by Crippen LogP contribution is -2.14. The zero-order chi connectivity index (χ0) is 18.1. The van der Waals surface area contributed by atoms with Gasteiger partial charge < -0.3 is 9.15 Å². The lowest BCUT2D eigenvalue weighted by atomic mass is 9.95. The molecule has 3 heteroatoms. The molecule has 0 aliphatic rings. The Labute approximate surface area is 150 Å². The molecule has 0 aliphatic heterocycles.